The van der Waals surface area contributed by atoms with E-state index >= 15 is 0 Å². The van der Waals surface area contributed by atoms with Gasteiger partial charge in [-0.25, -0.2) is 0 Å². The van der Waals surface area contributed by atoms with E-state index in [-0.39, 0.29) is 41.9 Å². The van der Waals surface area contributed by atoms with E-state index in [9.17, 15) is 29.4 Å². The van der Waals surface area contributed by atoms with E-state index in [0.29, 0.717) is 5.56 Å². The molecule has 0 aliphatic carbocycles. The molecule has 2 aliphatic rings. The van der Waals surface area contributed by atoms with Crippen LogP contribution in [-0.4, -0.2) is 70.9 Å². The number of fused-ring (bicyclic) bond motifs is 1. The molecule has 3 rings (SSSR count). The normalized spacial score (nSPS) is 27.8. The van der Waals surface area contributed by atoms with Crippen LogP contribution in [0.5, 0.6) is 0 Å². The molecule has 2 amide bonds. The fourth-order valence-electron chi connectivity index (χ4n) is 3.45. The van der Waals surface area contributed by atoms with Crippen molar-refractivity contribution in [1.29, 1.82) is 0 Å². The van der Waals surface area contributed by atoms with Crippen LogP contribution < -0.4 is 40.0 Å². The van der Waals surface area contributed by atoms with Gasteiger partial charge in [0.05, 0.1) is 11.4 Å². The van der Waals surface area contributed by atoms with Gasteiger partial charge in [0.15, 0.2) is 6.10 Å². The summed E-state index contributed by atoms with van der Waals surface area (Å²) in [5, 5.41) is 23.8. The molecule has 3 unspecified atom stereocenters. The number of hydrogen-bond donors (Lipinski definition) is 2. The van der Waals surface area contributed by atoms with E-state index in [0.717, 1.165) is 18.7 Å². The Morgan fingerprint density at radius 1 is 1.35 bits per heavy atom. The number of benzene rings is 1. The number of methoxy groups -OCH3 is 1. The number of β-lactam (4-membered cyclic amide) rings is 1. The van der Waals surface area contributed by atoms with Crippen LogP contribution in [0.1, 0.15) is 18.6 Å². The summed E-state index contributed by atoms with van der Waals surface area (Å²) >= 11 is 1.06. The quantitative estimate of drug-likeness (QED) is 0.178. The molecule has 0 saturated carbocycles. The number of amides is 2. The number of ether oxygens (including phenoxy) is 2. The van der Waals surface area contributed by atoms with Gasteiger partial charge in [-0.15, -0.1) is 11.8 Å². The number of carbonyl (C=O) groups excluding carboxylic acids is 4. The predicted molar refractivity (Wildman–Crippen MR) is 101 cm³/mol. The molecular weight excluding hydrogens is 439 g/mol. The maximum Gasteiger partial charge on any atom is 1.00 e. The smallest absolute Gasteiger partial charge is 0.549 e. The molecule has 2 aliphatic heterocycles. The zero-order chi connectivity index (χ0) is 22.1. The molecule has 4 atom stereocenters. The van der Waals surface area contributed by atoms with Gasteiger partial charge in [-0.3, -0.25) is 14.4 Å². The zero-order valence-corrected chi connectivity index (χ0v) is 20.1. The summed E-state index contributed by atoms with van der Waals surface area (Å²) in [4.78, 5) is 49.5. The molecule has 0 bridgehead atoms. The van der Waals surface area contributed by atoms with Crippen LogP contribution in [-0.2, 0) is 28.7 Å². The second-order valence-electron chi connectivity index (χ2n) is 7.19. The van der Waals surface area contributed by atoms with Gasteiger partial charge in [-0.2, -0.15) is 0 Å². The Morgan fingerprint density at radius 3 is 2.55 bits per heavy atom. The molecule has 10 nitrogen and oxygen atoms in total. The number of nitrogens with zero attached hydrogens (tertiary/aromatic N) is 1. The number of carboxylic acid groups (broad SMARTS) is 1. The minimum atomic E-state index is -1.74. The molecule has 1 aromatic rings. The van der Waals surface area contributed by atoms with Crippen molar-refractivity contribution < 1.29 is 68.4 Å². The van der Waals surface area contributed by atoms with Gasteiger partial charge in [0, 0.05) is 26.3 Å². The van der Waals surface area contributed by atoms with Crippen molar-refractivity contribution in [3.63, 3.8) is 0 Å². The minimum Gasteiger partial charge on any atom is -0.549 e. The van der Waals surface area contributed by atoms with Crippen LogP contribution in [0, 0.1) is 5.41 Å². The van der Waals surface area contributed by atoms with E-state index in [2.05, 4.69) is 5.32 Å². The molecular formula is C19H21N2NaO8S. The first kappa shape index (κ1) is 25.6. The minimum absolute atomic E-state index is 0. The van der Waals surface area contributed by atoms with Gasteiger partial charge >= 0.3 is 35.5 Å². The predicted octanol–water partition coefficient (Wildman–Crippen LogP) is -4.60. The number of nitrogens with one attached hydrogen (secondary N) is 1. The van der Waals surface area contributed by atoms with Crippen LogP contribution >= 0.6 is 11.8 Å². The number of aliphatic carboxylic acids is 1. The van der Waals surface area contributed by atoms with Gasteiger partial charge in [0.25, 0.3) is 17.5 Å². The average Bonchev–Trinajstić information content (AvgIpc) is 2.75. The topological polar surface area (TPSA) is 145 Å². The van der Waals surface area contributed by atoms with Crippen molar-refractivity contribution >= 4 is 35.5 Å². The number of aliphatic hydroxyl groups is 1. The molecule has 2 heterocycles. The van der Waals surface area contributed by atoms with Crippen molar-refractivity contribution in [3.05, 3.63) is 35.9 Å². The van der Waals surface area contributed by atoms with Crippen molar-refractivity contribution in [2.45, 2.75) is 24.1 Å². The Morgan fingerprint density at radius 2 is 2.00 bits per heavy atom. The molecule has 1 aromatic carbocycles. The van der Waals surface area contributed by atoms with E-state index < -0.39 is 53.0 Å². The van der Waals surface area contributed by atoms with Crippen LogP contribution in [0.25, 0.3) is 0 Å². The van der Waals surface area contributed by atoms with Crippen molar-refractivity contribution in [1.82, 2.24) is 10.2 Å². The zero-order valence-electron chi connectivity index (χ0n) is 17.3. The van der Waals surface area contributed by atoms with Crippen LogP contribution in [0.4, 0.5) is 0 Å². The third-order valence-corrected chi connectivity index (χ3v) is 6.80. The molecule has 2 fully saturated rings. The first-order chi connectivity index (χ1) is 14.2. The summed E-state index contributed by atoms with van der Waals surface area (Å²) in [5.41, 5.74) is -2.97. The van der Waals surface area contributed by atoms with E-state index in [4.69, 9.17) is 9.47 Å². The van der Waals surface area contributed by atoms with Crippen molar-refractivity contribution in [3.8, 4) is 0 Å². The molecule has 0 radical (unpaired) electrons. The monoisotopic (exact) mass is 460 g/mol. The third-order valence-electron chi connectivity index (χ3n) is 5.18. The number of thioether (sulfide) groups is 1. The summed E-state index contributed by atoms with van der Waals surface area (Å²) < 4.78 is 10.2. The van der Waals surface area contributed by atoms with Crippen molar-refractivity contribution in [2.24, 2.45) is 5.41 Å². The van der Waals surface area contributed by atoms with Gasteiger partial charge in [0.1, 0.15) is 12.0 Å². The summed E-state index contributed by atoms with van der Waals surface area (Å²) in [5.74, 6) is -3.61. The molecule has 2 saturated heterocycles. The average molecular weight is 460 g/mol. The Labute approximate surface area is 204 Å². The maximum atomic E-state index is 12.9. The Bertz CT molecular complexity index is 872. The number of esters is 1. The third kappa shape index (κ3) is 4.62. The largest absolute Gasteiger partial charge is 1.00 e. The van der Waals surface area contributed by atoms with Crippen molar-refractivity contribution in [2.75, 3.05) is 26.0 Å². The Hall–Kier alpha value is -1.63. The van der Waals surface area contributed by atoms with Crippen LogP contribution in [0.2, 0.25) is 0 Å². The Balaban J connectivity index is 0.00000341. The molecule has 2 N–H and O–H groups in total. The summed E-state index contributed by atoms with van der Waals surface area (Å²) in [6.45, 7) is 0.453. The summed E-state index contributed by atoms with van der Waals surface area (Å²) in [6, 6.07) is 8.19. The molecule has 12 heteroatoms. The van der Waals surface area contributed by atoms with Crippen LogP contribution in [0.15, 0.2) is 30.3 Å². The maximum absolute atomic E-state index is 12.9. The number of carbonyl (C=O) groups is 4. The van der Waals surface area contributed by atoms with E-state index in [1.165, 1.54) is 12.0 Å². The fraction of sp³-hybridized carbons (Fsp3) is 0.474. The molecule has 0 spiro atoms. The standard InChI is InChI=1S/C19H22N2O8S.Na/c1-11(22)29-9-18(17(26)27)8-21-15(25)19(28-2,16(21)30-10-18)20-14(24)13(23)12-6-4-3-5-7-12;/h3-7,13,16,23H,8-10H2,1-2H3,(H,20,24)(H,26,27);/q;+1/p-1/t13?,16-,18?,19?;/m1./s1. The summed E-state index contributed by atoms with van der Waals surface area (Å²) in [7, 11) is 1.24. The SMILES string of the molecule is COC1(NC(=O)C(O)c2ccccc2)C(=O)N2CC(COC(C)=O)(C(=O)[O-])CS[C@@H]21.[Na+]. The van der Waals surface area contributed by atoms with Gasteiger partial charge in [-0.05, 0) is 5.56 Å². The second-order valence-corrected chi connectivity index (χ2v) is 8.26. The summed E-state index contributed by atoms with van der Waals surface area (Å²) in [6.07, 6.45) is -1.51. The number of hydrogen-bond acceptors (Lipinski definition) is 9. The molecule has 0 aromatic heterocycles. The first-order valence-corrected chi connectivity index (χ1v) is 10.1. The molecule has 31 heavy (non-hydrogen) atoms. The number of rotatable bonds is 7. The van der Waals surface area contributed by atoms with Gasteiger partial charge in [0.2, 0.25) is 0 Å². The van der Waals surface area contributed by atoms with E-state index in [1.54, 1.807) is 30.3 Å². The number of aliphatic hydroxyl groups excluding tert-OH is 1. The second kappa shape index (κ2) is 9.88. The molecule has 162 valence electrons. The number of carboxylic acids is 1. The van der Waals surface area contributed by atoms with Gasteiger partial charge in [-0.1, -0.05) is 30.3 Å². The van der Waals surface area contributed by atoms with Gasteiger partial charge < -0.3 is 34.7 Å². The fourth-order valence-corrected chi connectivity index (χ4v) is 5.06. The Kier molecular flexibility index (Phi) is 8.17. The van der Waals surface area contributed by atoms with Crippen LogP contribution in [0.3, 0.4) is 0 Å². The first-order valence-electron chi connectivity index (χ1n) is 9.04. The van der Waals surface area contributed by atoms with E-state index in [1.807, 2.05) is 0 Å².